The third-order valence-electron chi connectivity index (χ3n) is 8.40. The lowest BCUT2D eigenvalue weighted by atomic mass is 9.98. The first-order chi connectivity index (χ1) is 19.8. The molecular weight excluding hydrogens is 561 g/mol. The van der Waals surface area contributed by atoms with Gasteiger partial charge in [0.2, 0.25) is 23.3 Å². The Bertz CT molecular complexity index is 1290. The molecule has 4 N–H and O–H groups in total. The van der Waals surface area contributed by atoms with Crippen LogP contribution < -0.4 is 21.1 Å². The van der Waals surface area contributed by atoms with Crippen LogP contribution in [0.5, 0.6) is 5.75 Å². The fourth-order valence-electron chi connectivity index (χ4n) is 5.66. The van der Waals surface area contributed by atoms with Gasteiger partial charge in [-0.25, -0.2) is 0 Å². The highest BCUT2D eigenvalue weighted by atomic mass is 19.4. The quantitative estimate of drug-likeness (QED) is 0.372. The van der Waals surface area contributed by atoms with Gasteiger partial charge in [-0.3, -0.25) is 29.0 Å². The number of aromatic nitrogens is 1. The minimum absolute atomic E-state index is 0.00746. The maximum absolute atomic E-state index is 14.1. The first-order valence-corrected chi connectivity index (χ1v) is 13.9. The Morgan fingerprint density at radius 3 is 2.50 bits per heavy atom. The molecule has 4 aliphatic rings. The van der Waals surface area contributed by atoms with Gasteiger partial charge in [-0.05, 0) is 36.8 Å². The van der Waals surface area contributed by atoms with Crippen LogP contribution in [0.3, 0.4) is 0 Å². The molecule has 1 saturated heterocycles. The summed E-state index contributed by atoms with van der Waals surface area (Å²) in [5.41, 5.74) is 4.48. The Hall–Kier alpha value is -3.91. The number of likely N-dealkylation sites (N-methyl/N-ethyl adjacent to an activating group) is 1. The van der Waals surface area contributed by atoms with Gasteiger partial charge in [0.25, 0.3) is 5.91 Å². The van der Waals surface area contributed by atoms with Gasteiger partial charge in [0.1, 0.15) is 29.6 Å². The number of nitrogens with zero attached hydrogens (tertiary/aromatic N) is 3. The lowest BCUT2D eigenvalue weighted by Gasteiger charge is -2.35. The van der Waals surface area contributed by atoms with Crippen LogP contribution >= 0.6 is 0 Å². The normalized spacial score (nSPS) is 25.0. The smallest absolute Gasteiger partial charge is 0.471 e. The average Bonchev–Trinajstić information content (AvgIpc) is 3.87. The summed E-state index contributed by atoms with van der Waals surface area (Å²) in [6.07, 6.45) is -0.669. The zero-order valence-electron chi connectivity index (χ0n) is 23.0. The zero-order chi connectivity index (χ0) is 30.4. The number of carbonyl (C=O) groups is 5. The Labute approximate surface area is 239 Å². The fraction of sp³-hybridized carbons (Fsp3) is 0.630. The molecule has 0 bridgehead atoms. The van der Waals surface area contributed by atoms with Crippen molar-refractivity contribution in [1.29, 1.82) is 0 Å². The Kier molecular flexibility index (Phi) is 7.79. The average molecular weight is 595 g/mol. The van der Waals surface area contributed by atoms with Crippen LogP contribution in [0, 0.1) is 11.8 Å². The minimum atomic E-state index is -5.18. The monoisotopic (exact) mass is 594 g/mol. The molecule has 3 fully saturated rings. The van der Waals surface area contributed by atoms with Gasteiger partial charge in [-0.2, -0.15) is 13.2 Å². The van der Waals surface area contributed by atoms with Crippen LogP contribution in [0.2, 0.25) is 0 Å². The molecule has 12 nitrogen and oxygen atoms in total. The summed E-state index contributed by atoms with van der Waals surface area (Å²) in [6, 6.07) is -0.671. The van der Waals surface area contributed by atoms with Crippen molar-refractivity contribution in [2.75, 3.05) is 13.6 Å². The van der Waals surface area contributed by atoms with Crippen LogP contribution in [-0.4, -0.2) is 87.8 Å². The largest absolute Gasteiger partial charge is 0.473 e. The molecule has 2 aliphatic heterocycles. The number of primary amides is 1. The number of pyridine rings is 1. The molecule has 2 aliphatic carbocycles. The van der Waals surface area contributed by atoms with E-state index in [4.69, 9.17) is 10.5 Å². The number of hydrogen-bond acceptors (Lipinski definition) is 7. The summed E-state index contributed by atoms with van der Waals surface area (Å²) in [7, 11) is 1.30. The van der Waals surface area contributed by atoms with Gasteiger partial charge in [-0.1, -0.05) is 25.7 Å². The van der Waals surface area contributed by atoms with Crippen molar-refractivity contribution >= 4 is 29.5 Å². The lowest BCUT2D eigenvalue weighted by molar-refractivity contribution is -0.175. The van der Waals surface area contributed by atoms with E-state index in [1.165, 1.54) is 13.2 Å². The predicted molar refractivity (Wildman–Crippen MR) is 138 cm³/mol. The first kappa shape index (κ1) is 29.6. The number of amides is 5. The number of hydrogen-bond donors (Lipinski definition) is 3. The molecule has 5 rings (SSSR count). The summed E-state index contributed by atoms with van der Waals surface area (Å²) >= 11 is 0. The van der Waals surface area contributed by atoms with Crippen LogP contribution in [0.1, 0.15) is 50.6 Å². The van der Waals surface area contributed by atoms with E-state index in [2.05, 4.69) is 10.3 Å². The van der Waals surface area contributed by atoms with Crippen LogP contribution in [0.25, 0.3) is 0 Å². The van der Waals surface area contributed by atoms with Crippen LogP contribution in [0.15, 0.2) is 18.3 Å². The van der Waals surface area contributed by atoms with Crippen molar-refractivity contribution in [2.24, 2.45) is 17.6 Å². The third kappa shape index (κ3) is 6.14. The maximum atomic E-state index is 14.1. The number of carbonyl (C=O) groups excluding carboxylic acids is 5. The van der Waals surface area contributed by atoms with Gasteiger partial charge in [0.15, 0.2) is 0 Å². The number of ether oxygens (including phenoxy) is 1. The topological polar surface area (TPSA) is 164 Å². The predicted octanol–water partition coefficient (Wildman–Crippen LogP) is 0.390. The highest BCUT2D eigenvalue weighted by Gasteiger charge is 2.57. The number of halogens is 3. The molecule has 15 heteroatoms. The first-order valence-electron chi connectivity index (χ1n) is 13.9. The Morgan fingerprint density at radius 1 is 1.21 bits per heavy atom. The molecule has 1 spiro atoms. The second-order valence-corrected chi connectivity index (χ2v) is 11.7. The van der Waals surface area contributed by atoms with Crippen molar-refractivity contribution in [3.8, 4) is 5.75 Å². The van der Waals surface area contributed by atoms with E-state index in [0.717, 1.165) is 35.5 Å². The van der Waals surface area contributed by atoms with Gasteiger partial charge in [-0.15, -0.1) is 0 Å². The molecule has 2 unspecified atom stereocenters. The standard InChI is InChI=1S/C27H33F3N6O6/c1-35(22(38)16(9-14-4-5-14)34-25(41)27(28,29)30)18(10-15-6-7-15)23(39)36-13-26(11-19(36)21(31)37)24(40)33-12-17-20(42-26)3-2-8-32-17/h2-3,8,14-16,18-19H,4-7,9-13H2,1H3,(H2,31,37)(H,33,40)(H,34,41)/t16?,18?,19-,26+/m0/s1. The molecule has 4 atom stereocenters. The number of alkyl halides is 3. The number of likely N-dealkylation sites (tertiary alicyclic amines) is 1. The van der Waals surface area contributed by atoms with Gasteiger partial charge in [0, 0.05) is 19.7 Å². The molecule has 228 valence electrons. The van der Waals surface area contributed by atoms with E-state index in [1.807, 2.05) is 0 Å². The second-order valence-electron chi connectivity index (χ2n) is 11.7. The molecule has 3 heterocycles. The summed E-state index contributed by atoms with van der Waals surface area (Å²) in [4.78, 5) is 71.7. The molecule has 5 amide bonds. The van der Waals surface area contributed by atoms with E-state index >= 15 is 0 Å². The lowest BCUT2D eigenvalue weighted by Crippen LogP contribution is -2.58. The molecule has 1 aromatic heterocycles. The molecule has 1 aromatic rings. The maximum Gasteiger partial charge on any atom is 0.471 e. The number of rotatable bonds is 9. The van der Waals surface area contributed by atoms with Crippen LogP contribution in [0.4, 0.5) is 13.2 Å². The fourth-order valence-corrected chi connectivity index (χ4v) is 5.66. The SMILES string of the molecule is CN(C(=O)C(CC1CC1)NC(=O)C(F)(F)F)C(CC1CC1)C(=O)N1C[C@@]2(C[C@H]1C(N)=O)Oc1cccnc1CNC2=O. The van der Waals surface area contributed by atoms with Crippen molar-refractivity contribution in [3.05, 3.63) is 24.0 Å². The van der Waals surface area contributed by atoms with Gasteiger partial charge >= 0.3 is 12.1 Å². The van der Waals surface area contributed by atoms with Crippen molar-refractivity contribution in [3.63, 3.8) is 0 Å². The van der Waals surface area contributed by atoms with Crippen LogP contribution in [-0.2, 0) is 30.5 Å². The Balaban J connectivity index is 1.41. The van der Waals surface area contributed by atoms with E-state index in [-0.39, 0.29) is 44.2 Å². The van der Waals surface area contributed by atoms with E-state index < -0.39 is 59.4 Å². The summed E-state index contributed by atoms with van der Waals surface area (Å²) in [6.45, 7) is -0.279. The third-order valence-corrected chi connectivity index (χ3v) is 8.40. The highest BCUT2D eigenvalue weighted by Crippen LogP contribution is 2.39. The van der Waals surface area contributed by atoms with E-state index in [1.54, 1.807) is 17.4 Å². The zero-order valence-corrected chi connectivity index (χ0v) is 23.0. The number of fused-ring (bicyclic) bond motifs is 1. The highest BCUT2D eigenvalue weighted by molar-refractivity contribution is 5.97. The molecule has 0 radical (unpaired) electrons. The van der Waals surface area contributed by atoms with Crippen molar-refractivity contribution < 1.29 is 41.9 Å². The van der Waals surface area contributed by atoms with E-state index in [0.29, 0.717) is 11.4 Å². The van der Waals surface area contributed by atoms with E-state index in [9.17, 15) is 37.1 Å². The molecular formula is C27H33F3N6O6. The number of nitrogens with two attached hydrogens (primary N) is 1. The second kappa shape index (κ2) is 11.1. The number of nitrogens with one attached hydrogen (secondary N) is 2. The summed E-state index contributed by atoms with van der Waals surface area (Å²) < 4.78 is 45.3. The van der Waals surface area contributed by atoms with Gasteiger partial charge in [0.05, 0.1) is 13.1 Å². The molecule has 2 saturated carbocycles. The van der Waals surface area contributed by atoms with Crippen molar-refractivity contribution in [1.82, 2.24) is 25.4 Å². The summed E-state index contributed by atoms with van der Waals surface area (Å²) in [5.74, 6) is -4.83. The summed E-state index contributed by atoms with van der Waals surface area (Å²) in [5, 5.41) is 4.53. The van der Waals surface area contributed by atoms with Gasteiger partial charge < -0.3 is 30.9 Å². The minimum Gasteiger partial charge on any atom is -0.473 e. The Morgan fingerprint density at radius 2 is 1.88 bits per heavy atom. The molecule has 42 heavy (non-hydrogen) atoms. The molecule has 0 aromatic carbocycles. The van der Waals surface area contributed by atoms with Crippen molar-refractivity contribution in [2.45, 2.75) is 81.4 Å².